The topological polar surface area (TPSA) is 0 Å². The molecule has 0 aromatic heterocycles. The van der Waals surface area contributed by atoms with Crippen LogP contribution in [0.1, 0.15) is 98.8 Å². The Labute approximate surface area is 151 Å². The van der Waals surface area contributed by atoms with Crippen LogP contribution in [0.2, 0.25) is 0 Å². The van der Waals surface area contributed by atoms with Crippen LogP contribution in [0.3, 0.4) is 0 Å². The van der Waals surface area contributed by atoms with Gasteiger partial charge in [0.25, 0.3) is 6.43 Å². The molecule has 0 nitrogen and oxygen atoms in total. The molecule has 0 heterocycles. The molecule has 0 unspecified atom stereocenters. The lowest BCUT2D eigenvalue weighted by Crippen LogP contribution is -2.25. The quantitative estimate of drug-likeness (QED) is 0.223. The predicted molar refractivity (Wildman–Crippen MR) is 106 cm³/mol. The molecule has 0 bridgehead atoms. The molecule has 0 aliphatic rings. The van der Waals surface area contributed by atoms with E-state index in [9.17, 15) is 8.78 Å². The minimum atomic E-state index is -2.21. The smallest absolute Gasteiger partial charge is 0.209 e. The van der Waals surface area contributed by atoms with Gasteiger partial charge in [0.2, 0.25) is 0 Å². The van der Waals surface area contributed by atoms with E-state index in [1.807, 2.05) is 0 Å². The van der Waals surface area contributed by atoms with Crippen molar-refractivity contribution in [3.05, 3.63) is 0 Å². The number of unbranched alkanes of at least 4 members (excludes halogenated alkanes) is 6. The zero-order chi connectivity index (χ0) is 17.7. The van der Waals surface area contributed by atoms with Crippen molar-refractivity contribution >= 4 is 21.6 Å². The molecule has 140 valence electrons. The first-order valence-electron chi connectivity index (χ1n) is 9.44. The summed E-state index contributed by atoms with van der Waals surface area (Å²) in [5.41, 5.74) is 0. The highest BCUT2D eigenvalue weighted by molar-refractivity contribution is 8.77. The van der Waals surface area contributed by atoms with E-state index >= 15 is 0 Å². The van der Waals surface area contributed by atoms with Gasteiger partial charge in [-0.2, -0.15) is 0 Å². The summed E-state index contributed by atoms with van der Waals surface area (Å²) in [4.78, 5) is 0. The molecule has 0 aliphatic heterocycles. The Balaban J connectivity index is 4.57. The Hall–Kier alpha value is 0.560. The van der Waals surface area contributed by atoms with Gasteiger partial charge in [-0.1, -0.05) is 108 Å². The molecule has 0 saturated heterocycles. The number of hydrogen-bond donors (Lipinski definition) is 0. The molecule has 0 fully saturated rings. The summed E-state index contributed by atoms with van der Waals surface area (Å²) in [5, 5.41) is -0.512. The second-order valence-electron chi connectivity index (χ2n) is 7.55. The highest BCUT2D eigenvalue weighted by Crippen LogP contribution is 2.44. The van der Waals surface area contributed by atoms with Gasteiger partial charge in [0.15, 0.2) is 0 Å². The third kappa shape index (κ3) is 13.5. The van der Waals surface area contributed by atoms with Crippen molar-refractivity contribution in [3.63, 3.8) is 0 Å². The van der Waals surface area contributed by atoms with E-state index in [-0.39, 0.29) is 10.7 Å². The van der Waals surface area contributed by atoms with Crippen molar-refractivity contribution < 1.29 is 8.78 Å². The van der Waals surface area contributed by atoms with Gasteiger partial charge in [-0.25, -0.2) is 8.78 Å². The molecule has 23 heavy (non-hydrogen) atoms. The van der Waals surface area contributed by atoms with Crippen LogP contribution in [0.5, 0.6) is 0 Å². The molecule has 0 spiro atoms. The molecule has 0 radical (unpaired) electrons. The molecule has 1 atom stereocenters. The van der Waals surface area contributed by atoms with Crippen molar-refractivity contribution in [1.82, 2.24) is 0 Å². The van der Waals surface area contributed by atoms with E-state index in [1.54, 1.807) is 10.8 Å². The largest absolute Gasteiger partial charge is 0.251 e. The fourth-order valence-corrected chi connectivity index (χ4v) is 5.50. The maximum absolute atomic E-state index is 13.6. The number of halogens is 2. The lowest BCUT2D eigenvalue weighted by Gasteiger charge is -2.28. The van der Waals surface area contributed by atoms with E-state index in [1.165, 1.54) is 49.3 Å². The van der Waals surface area contributed by atoms with Crippen LogP contribution in [0.25, 0.3) is 0 Å². The fourth-order valence-electron chi connectivity index (χ4n) is 2.67. The first kappa shape index (κ1) is 23.6. The Morgan fingerprint density at radius 1 is 0.783 bits per heavy atom. The van der Waals surface area contributed by atoms with Crippen molar-refractivity contribution in [3.8, 4) is 0 Å². The molecular weight excluding hydrogens is 330 g/mol. The average molecular weight is 369 g/mol. The highest BCUT2D eigenvalue weighted by Gasteiger charge is 2.31. The fraction of sp³-hybridized carbons (Fsp3) is 1.00. The van der Waals surface area contributed by atoms with Gasteiger partial charge < -0.3 is 0 Å². The molecule has 0 N–H and O–H groups in total. The van der Waals surface area contributed by atoms with Crippen molar-refractivity contribution in [2.24, 2.45) is 5.92 Å². The van der Waals surface area contributed by atoms with Crippen LogP contribution in [0.15, 0.2) is 0 Å². The van der Waals surface area contributed by atoms with Crippen LogP contribution < -0.4 is 0 Å². The number of rotatable bonds is 14. The standard InChI is InChI=1S/C19H38F2S2/c1-6-8-10-12-14-16(15-13-11-9-7-2)17(18(20)21)22-23-19(3,4)5/h16-18H,6-15H2,1-5H3/t17-/m0/s1. The summed E-state index contributed by atoms with van der Waals surface area (Å²) in [6.07, 6.45) is 9.19. The van der Waals surface area contributed by atoms with Gasteiger partial charge in [-0.15, -0.1) is 0 Å². The minimum Gasteiger partial charge on any atom is -0.209 e. The average Bonchev–Trinajstić information content (AvgIpc) is 2.45. The monoisotopic (exact) mass is 368 g/mol. The number of alkyl halides is 2. The van der Waals surface area contributed by atoms with Crippen LogP contribution in [-0.2, 0) is 0 Å². The maximum Gasteiger partial charge on any atom is 0.251 e. The maximum atomic E-state index is 13.6. The molecule has 0 aromatic carbocycles. The van der Waals surface area contributed by atoms with E-state index < -0.39 is 11.7 Å². The molecular formula is C19H38F2S2. The number of hydrogen-bond acceptors (Lipinski definition) is 2. The zero-order valence-corrected chi connectivity index (χ0v) is 17.5. The Morgan fingerprint density at radius 3 is 1.61 bits per heavy atom. The van der Waals surface area contributed by atoms with Crippen LogP contribution in [0, 0.1) is 5.92 Å². The molecule has 0 aliphatic carbocycles. The van der Waals surface area contributed by atoms with Gasteiger partial charge in [-0.3, -0.25) is 0 Å². The third-order valence-corrected chi connectivity index (χ3v) is 7.84. The zero-order valence-electron chi connectivity index (χ0n) is 15.9. The predicted octanol–water partition coefficient (Wildman–Crippen LogP) is 8.36. The lowest BCUT2D eigenvalue weighted by atomic mass is 9.91. The van der Waals surface area contributed by atoms with Crippen LogP contribution in [-0.4, -0.2) is 16.4 Å². The van der Waals surface area contributed by atoms with Gasteiger partial charge in [0, 0.05) is 4.75 Å². The second-order valence-corrected chi connectivity index (χ2v) is 10.8. The van der Waals surface area contributed by atoms with Crippen LogP contribution in [0.4, 0.5) is 8.78 Å². The molecule has 0 aromatic rings. The normalized spacial score (nSPS) is 14.0. The van der Waals surface area contributed by atoms with Gasteiger partial charge in [0.05, 0.1) is 5.25 Å². The van der Waals surface area contributed by atoms with E-state index in [4.69, 9.17) is 0 Å². The van der Waals surface area contributed by atoms with Gasteiger partial charge in [0.1, 0.15) is 0 Å². The summed E-state index contributed by atoms with van der Waals surface area (Å²) in [6, 6.07) is 0. The minimum absolute atomic E-state index is 0.0345. The SMILES string of the molecule is CCCCCCC(CCCCCC)[C@H](SSC(C)(C)C)C(F)F. The molecule has 0 rings (SSSR count). The summed E-state index contributed by atoms with van der Waals surface area (Å²) >= 11 is 0. The molecule has 4 heteroatoms. The first-order chi connectivity index (χ1) is 10.8. The van der Waals surface area contributed by atoms with Crippen molar-refractivity contribution in [1.29, 1.82) is 0 Å². The summed E-state index contributed by atoms with van der Waals surface area (Å²) in [6.45, 7) is 10.7. The highest BCUT2D eigenvalue weighted by atomic mass is 33.1. The molecule has 0 amide bonds. The van der Waals surface area contributed by atoms with Gasteiger partial charge in [-0.05, 0) is 18.8 Å². The first-order valence-corrected chi connectivity index (χ1v) is 11.7. The summed E-state index contributed by atoms with van der Waals surface area (Å²) in [5.74, 6) is 0.170. The Kier molecular flexibility index (Phi) is 14.1. The Bertz CT molecular complexity index is 253. The Morgan fingerprint density at radius 2 is 1.26 bits per heavy atom. The summed E-state index contributed by atoms with van der Waals surface area (Å²) in [7, 11) is 3.06. The van der Waals surface area contributed by atoms with Crippen molar-refractivity contribution in [2.75, 3.05) is 0 Å². The van der Waals surface area contributed by atoms with Crippen LogP contribution >= 0.6 is 21.6 Å². The van der Waals surface area contributed by atoms with Crippen molar-refractivity contribution in [2.45, 2.75) is 115 Å². The molecule has 0 saturated carbocycles. The van der Waals surface area contributed by atoms with E-state index in [0.29, 0.717) is 0 Å². The van der Waals surface area contributed by atoms with E-state index in [2.05, 4.69) is 34.6 Å². The van der Waals surface area contributed by atoms with E-state index in [0.717, 1.165) is 25.7 Å². The van der Waals surface area contributed by atoms with Gasteiger partial charge >= 0.3 is 0 Å². The lowest BCUT2D eigenvalue weighted by molar-refractivity contribution is 0.117. The third-order valence-electron chi connectivity index (χ3n) is 3.98. The summed E-state index contributed by atoms with van der Waals surface area (Å²) < 4.78 is 27.3. The second kappa shape index (κ2) is 13.8.